The van der Waals surface area contributed by atoms with E-state index in [1.165, 1.54) is 12.0 Å². The molecular formula is C21H32N2O3. The van der Waals surface area contributed by atoms with Gasteiger partial charge in [0.25, 0.3) is 0 Å². The molecule has 1 N–H and O–H groups in total. The summed E-state index contributed by atoms with van der Waals surface area (Å²) in [5.74, 6) is -0.409. The van der Waals surface area contributed by atoms with Crippen LogP contribution in [0.5, 0.6) is 0 Å². The summed E-state index contributed by atoms with van der Waals surface area (Å²) in [5, 5.41) is 9.24. The van der Waals surface area contributed by atoms with Gasteiger partial charge in [0.15, 0.2) is 0 Å². The number of piperidine rings is 1. The molecule has 1 atom stereocenters. The van der Waals surface area contributed by atoms with Crippen molar-refractivity contribution in [3.63, 3.8) is 0 Å². The first-order valence-corrected chi connectivity index (χ1v) is 9.79. The van der Waals surface area contributed by atoms with Crippen LogP contribution in [0.1, 0.15) is 48.5 Å². The van der Waals surface area contributed by atoms with Crippen molar-refractivity contribution in [3.05, 3.63) is 35.4 Å². The number of hydrogen-bond donors (Lipinski definition) is 1. The van der Waals surface area contributed by atoms with Crippen molar-refractivity contribution >= 4 is 5.97 Å². The van der Waals surface area contributed by atoms with Crippen LogP contribution in [0.15, 0.2) is 24.3 Å². The van der Waals surface area contributed by atoms with E-state index in [1.54, 1.807) is 6.07 Å². The summed E-state index contributed by atoms with van der Waals surface area (Å²) >= 11 is 0. The Hall–Kier alpha value is -1.43. The first-order valence-electron chi connectivity index (χ1n) is 9.79. The Balaban J connectivity index is 1.59. The van der Waals surface area contributed by atoms with Gasteiger partial charge < -0.3 is 14.7 Å². The van der Waals surface area contributed by atoms with E-state index in [0.717, 1.165) is 58.9 Å². The van der Waals surface area contributed by atoms with Crippen LogP contribution in [0.2, 0.25) is 0 Å². The van der Waals surface area contributed by atoms with Crippen molar-refractivity contribution in [1.29, 1.82) is 0 Å². The Kier molecular flexibility index (Phi) is 6.33. The fourth-order valence-corrected chi connectivity index (χ4v) is 4.42. The first kappa shape index (κ1) is 19.3. The van der Waals surface area contributed by atoms with Gasteiger partial charge in [-0.05, 0) is 48.4 Å². The van der Waals surface area contributed by atoms with Gasteiger partial charge in [-0.2, -0.15) is 0 Å². The highest BCUT2D eigenvalue weighted by Gasteiger charge is 2.29. The zero-order valence-corrected chi connectivity index (χ0v) is 16.1. The molecule has 1 unspecified atom stereocenters. The van der Waals surface area contributed by atoms with Gasteiger partial charge in [0.1, 0.15) is 0 Å². The number of rotatable bonds is 6. The minimum Gasteiger partial charge on any atom is -0.478 e. The molecule has 1 aromatic carbocycles. The maximum atomic E-state index is 11.3. The van der Waals surface area contributed by atoms with Crippen LogP contribution in [-0.2, 0) is 4.74 Å². The zero-order valence-electron chi connectivity index (χ0n) is 16.1. The number of benzene rings is 1. The molecule has 2 fully saturated rings. The summed E-state index contributed by atoms with van der Waals surface area (Å²) in [5.41, 5.74) is 1.80. The van der Waals surface area contributed by atoms with Gasteiger partial charge in [-0.3, -0.25) is 4.90 Å². The quantitative estimate of drug-likeness (QED) is 0.845. The lowest BCUT2D eigenvalue weighted by molar-refractivity contribution is 0.0132. The van der Waals surface area contributed by atoms with Crippen molar-refractivity contribution in [2.75, 3.05) is 52.5 Å². The van der Waals surface area contributed by atoms with Gasteiger partial charge in [0.05, 0.1) is 18.8 Å². The summed E-state index contributed by atoms with van der Waals surface area (Å²) in [7, 11) is 0. The minimum absolute atomic E-state index is 0.238. The lowest BCUT2D eigenvalue weighted by atomic mass is 9.86. The van der Waals surface area contributed by atoms with Crippen molar-refractivity contribution in [2.24, 2.45) is 5.41 Å². The molecule has 1 aromatic rings. The van der Waals surface area contributed by atoms with E-state index in [9.17, 15) is 9.90 Å². The summed E-state index contributed by atoms with van der Waals surface area (Å²) in [4.78, 5) is 16.3. The van der Waals surface area contributed by atoms with Gasteiger partial charge in [0.2, 0.25) is 0 Å². The molecule has 2 heterocycles. The normalized spacial score (nSPS) is 23.1. The molecule has 144 valence electrons. The lowest BCUT2D eigenvalue weighted by Crippen LogP contribution is -2.47. The Morgan fingerprint density at radius 2 is 1.92 bits per heavy atom. The number of morpholine rings is 1. The number of likely N-dealkylation sites (tertiary alicyclic amines) is 1. The number of carbonyl (C=O) groups is 1. The van der Waals surface area contributed by atoms with Crippen molar-refractivity contribution in [2.45, 2.75) is 32.6 Å². The van der Waals surface area contributed by atoms with Crippen molar-refractivity contribution in [1.82, 2.24) is 9.80 Å². The SMILES string of the molecule is CC(C)(CN1CCOCC1)CN1CCCC(c2cccc(C(=O)O)c2)C1. The van der Waals surface area contributed by atoms with E-state index >= 15 is 0 Å². The Bertz CT molecular complexity index is 611. The molecule has 3 rings (SSSR count). The number of carboxylic acids is 1. The van der Waals surface area contributed by atoms with E-state index in [2.05, 4.69) is 29.7 Å². The third-order valence-corrected chi connectivity index (χ3v) is 5.52. The first-order chi connectivity index (χ1) is 12.4. The molecule has 5 heteroatoms. The van der Waals surface area contributed by atoms with Crippen molar-refractivity contribution < 1.29 is 14.6 Å². The molecule has 0 spiro atoms. The van der Waals surface area contributed by atoms with Crippen LogP contribution >= 0.6 is 0 Å². The van der Waals surface area contributed by atoms with Crippen LogP contribution in [0, 0.1) is 5.41 Å². The summed E-state index contributed by atoms with van der Waals surface area (Å²) in [6, 6.07) is 7.49. The monoisotopic (exact) mass is 360 g/mol. The van der Waals surface area contributed by atoms with E-state index in [-0.39, 0.29) is 5.41 Å². The molecular weight excluding hydrogens is 328 g/mol. The number of ether oxygens (including phenoxy) is 1. The highest BCUT2D eigenvalue weighted by molar-refractivity contribution is 5.87. The Labute approximate surface area is 156 Å². The van der Waals surface area contributed by atoms with E-state index < -0.39 is 5.97 Å². The predicted molar refractivity (Wildman–Crippen MR) is 103 cm³/mol. The second-order valence-corrected chi connectivity index (χ2v) is 8.56. The molecule has 2 aliphatic heterocycles. The third kappa shape index (κ3) is 5.29. The lowest BCUT2D eigenvalue weighted by Gasteiger charge is -2.41. The second-order valence-electron chi connectivity index (χ2n) is 8.56. The highest BCUT2D eigenvalue weighted by Crippen LogP contribution is 2.30. The standard InChI is InChI=1S/C21H32N2O3/c1-21(2,15-22-9-11-26-12-10-22)16-23-8-4-7-19(14-23)17-5-3-6-18(13-17)20(24)25/h3,5-6,13,19H,4,7-12,14-16H2,1-2H3,(H,24,25). The molecule has 0 aliphatic carbocycles. The molecule has 0 amide bonds. The fraction of sp³-hybridized carbons (Fsp3) is 0.667. The number of hydrogen-bond acceptors (Lipinski definition) is 4. The average molecular weight is 360 g/mol. The van der Waals surface area contributed by atoms with Crippen LogP contribution in [0.4, 0.5) is 0 Å². The topological polar surface area (TPSA) is 53.0 Å². The Morgan fingerprint density at radius 1 is 1.19 bits per heavy atom. The average Bonchev–Trinajstić information content (AvgIpc) is 2.62. The molecule has 2 aliphatic rings. The zero-order chi connectivity index (χ0) is 18.6. The molecule has 5 nitrogen and oxygen atoms in total. The van der Waals surface area contributed by atoms with E-state index in [4.69, 9.17) is 4.74 Å². The molecule has 26 heavy (non-hydrogen) atoms. The van der Waals surface area contributed by atoms with Gasteiger partial charge in [-0.1, -0.05) is 26.0 Å². The van der Waals surface area contributed by atoms with Crippen LogP contribution in [0.25, 0.3) is 0 Å². The maximum absolute atomic E-state index is 11.3. The van der Waals surface area contributed by atoms with Crippen LogP contribution in [-0.4, -0.2) is 73.4 Å². The van der Waals surface area contributed by atoms with E-state index in [0.29, 0.717) is 11.5 Å². The predicted octanol–water partition coefficient (Wildman–Crippen LogP) is 2.92. The van der Waals surface area contributed by atoms with Gasteiger partial charge in [-0.25, -0.2) is 4.79 Å². The van der Waals surface area contributed by atoms with Crippen molar-refractivity contribution in [3.8, 4) is 0 Å². The summed E-state index contributed by atoms with van der Waals surface area (Å²) in [6.07, 6.45) is 2.32. The maximum Gasteiger partial charge on any atom is 0.335 e. The number of aromatic carboxylic acids is 1. The molecule has 0 radical (unpaired) electrons. The Morgan fingerprint density at radius 3 is 2.65 bits per heavy atom. The van der Waals surface area contributed by atoms with Gasteiger partial charge >= 0.3 is 5.97 Å². The largest absolute Gasteiger partial charge is 0.478 e. The van der Waals surface area contributed by atoms with Gasteiger partial charge in [-0.15, -0.1) is 0 Å². The van der Waals surface area contributed by atoms with Crippen LogP contribution in [0.3, 0.4) is 0 Å². The van der Waals surface area contributed by atoms with E-state index in [1.807, 2.05) is 12.1 Å². The molecule has 0 saturated carbocycles. The van der Waals surface area contributed by atoms with Gasteiger partial charge in [0, 0.05) is 32.7 Å². The molecule has 0 aromatic heterocycles. The summed E-state index contributed by atoms with van der Waals surface area (Å²) in [6.45, 7) is 12.8. The third-order valence-electron chi connectivity index (χ3n) is 5.52. The smallest absolute Gasteiger partial charge is 0.335 e. The second kappa shape index (κ2) is 8.51. The molecule has 2 saturated heterocycles. The number of carboxylic acid groups (broad SMARTS) is 1. The summed E-state index contributed by atoms with van der Waals surface area (Å²) < 4.78 is 5.46. The number of nitrogens with zero attached hydrogens (tertiary/aromatic N) is 2. The van der Waals surface area contributed by atoms with Crippen LogP contribution < -0.4 is 0 Å². The highest BCUT2D eigenvalue weighted by atomic mass is 16.5. The minimum atomic E-state index is -0.842. The fourth-order valence-electron chi connectivity index (χ4n) is 4.42. The molecule has 0 bridgehead atoms.